The molecule has 1 aromatic heterocycles. The lowest BCUT2D eigenvalue weighted by Gasteiger charge is -2.36. The second-order valence-electron chi connectivity index (χ2n) is 12.2. The van der Waals surface area contributed by atoms with Crippen LogP contribution in [0.4, 0.5) is 11.4 Å². The highest BCUT2D eigenvalue weighted by Gasteiger charge is 2.28. The van der Waals surface area contributed by atoms with Crippen molar-refractivity contribution in [1.29, 1.82) is 0 Å². The number of aryl methyl sites for hydroxylation is 1. The maximum absolute atomic E-state index is 13.7. The van der Waals surface area contributed by atoms with Crippen LogP contribution < -0.4 is 16.0 Å². The molecule has 0 radical (unpaired) electrons. The first-order valence-corrected chi connectivity index (χ1v) is 16.1. The number of carbonyl (C=O) groups excluding carboxylic acids is 2. The third kappa shape index (κ3) is 8.39. The smallest absolute Gasteiger partial charge is 0.277 e. The minimum atomic E-state index is -0.317. The zero-order valence-corrected chi connectivity index (χ0v) is 26.7. The maximum Gasteiger partial charge on any atom is 0.277 e. The van der Waals surface area contributed by atoms with Crippen LogP contribution in [0, 0.1) is 6.92 Å². The lowest BCUT2D eigenvalue weighted by atomic mass is 9.90. The molecule has 0 saturated heterocycles. The highest BCUT2D eigenvalue weighted by atomic mass is 16.5. The number of benzene rings is 3. The van der Waals surface area contributed by atoms with Gasteiger partial charge in [0.15, 0.2) is 5.69 Å². The highest BCUT2D eigenvalue weighted by Crippen LogP contribution is 2.33. The molecule has 8 heteroatoms. The second kappa shape index (κ2) is 15.0. The molecule has 0 aliphatic heterocycles. The van der Waals surface area contributed by atoms with Crippen molar-refractivity contribution in [3.8, 4) is 11.1 Å². The lowest BCUT2D eigenvalue weighted by Crippen LogP contribution is -2.44. The summed E-state index contributed by atoms with van der Waals surface area (Å²) >= 11 is 0. The molecule has 2 amide bonds. The van der Waals surface area contributed by atoms with E-state index < -0.39 is 0 Å². The van der Waals surface area contributed by atoms with Gasteiger partial charge in [-0.3, -0.25) is 9.59 Å². The second-order valence-corrected chi connectivity index (χ2v) is 12.2. The van der Waals surface area contributed by atoms with Crippen molar-refractivity contribution in [2.75, 3.05) is 23.8 Å². The molecular formula is C37H45N5O3. The Morgan fingerprint density at radius 1 is 0.933 bits per heavy atom. The molecule has 3 aromatic carbocycles. The van der Waals surface area contributed by atoms with E-state index in [-0.39, 0.29) is 29.6 Å². The standard InChI is InChI=1S/C37H45N5O3/c1-4-5-20-41(3)35-19-14-30(24-33(35)39-37(44)34-21-26(2)45-40-34)29-13-9-12-28(22-29)25-42(32-17-15-31(38)16-18-32)36(43)23-27-10-7-6-8-11-27/h6-14,19,21-22,24,31-32H,4-5,15-18,20,23,25,38H2,1-3H3,(H,39,44). The van der Waals surface area contributed by atoms with Crippen LogP contribution in [-0.4, -0.2) is 47.5 Å². The van der Waals surface area contributed by atoms with Crippen LogP contribution in [0.15, 0.2) is 83.4 Å². The van der Waals surface area contributed by atoms with Crippen molar-refractivity contribution < 1.29 is 14.1 Å². The molecule has 5 rings (SSSR count). The van der Waals surface area contributed by atoms with Crippen LogP contribution in [0.3, 0.4) is 0 Å². The predicted molar refractivity (Wildman–Crippen MR) is 180 cm³/mol. The van der Waals surface area contributed by atoms with Crippen LogP contribution in [0.2, 0.25) is 0 Å². The van der Waals surface area contributed by atoms with Gasteiger partial charge in [-0.05, 0) is 79.5 Å². The summed E-state index contributed by atoms with van der Waals surface area (Å²) in [5, 5.41) is 6.97. The fraction of sp³-hybridized carbons (Fsp3) is 0.378. The molecule has 1 saturated carbocycles. The van der Waals surface area contributed by atoms with Gasteiger partial charge in [0.1, 0.15) is 5.76 Å². The summed E-state index contributed by atoms with van der Waals surface area (Å²) in [6.07, 6.45) is 6.20. The van der Waals surface area contributed by atoms with Crippen LogP contribution in [0.25, 0.3) is 11.1 Å². The zero-order chi connectivity index (χ0) is 31.8. The summed E-state index contributed by atoms with van der Waals surface area (Å²) in [4.78, 5) is 31.1. The molecule has 0 spiro atoms. The highest BCUT2D eigenvalue weighted by molar-refractivity contribution is 6.05. The monoisotopic (exact) mass is 607 g/mol. The van der Waals surface area contributed by atoms with Crippen molar-refractivity contribution in [2.24, 2.45) is 5.73 Å². The predicted octanol–water partition coefficient (Wildman–Crippen LogP) is 6.98. The normalized spacial score (nSPS) is 16.3. The number of hydrogen-bond acceptors (Lipinski definition) is 6. The van der Waals surface area contributed by atoms with Gasteiger partial charge >= 0.3 is 0 Å². The Labute approximate surface area is 266 Å². The topological polar surface area (TPSA) is 105 Å². The minimum Gasteiger partial charge on any atom is -0.373 e. The number of nitrogens with two attached hydrogens (primary N) is 1. The number of hydrogen-bond donors (Lipinski definition) is 2. The van der Waals surface area contributed by atoms with Gasteiger partial charge in [0, 0.05) is 38.3 Å². The van der Waals surface area contributed by atoms with E-state index in [1.807, 2.05) is 49.5 Å². The van der Waals surface area contributed by atoms with Gasteiger partial charge in [-0.15, -0.1) is 0 Å². The van der Waals surface area contributed by atoms with Gasteiger partial charge in [-0.1, -0.05) is 73.1 Å². The van der Waals surface area contributed by atoms with E-state index in [0.29, 0.717) is 24.4 Å². The molecule has 1 heterocycles. The summed E-state index contributed by atoms with van der Waals surface area (Å²) in [5.74, 6) is 0.403. The first kappa shape index (κ1) is 32.0. The van der Waals surface area contributed by atoms with Gasteiger partial charge in [-0.25, -0.2) is 0 Å². The third-order valence-electron chi connectivity index (χ3n) is 8.68. The van der Waals surface area contributed by atoms with E-state index in [9.17, 15) is 9.59 Å². The van der Waals surface area contributed by atoms with E-state index in [1.165, 1.54) is 0 Å². The maximum atomic E-state index is 13.7. The fourth-order valence-corrected chi connectivity index (χ4v) is 6.08. The van der Waals surface area contributed by atoms with E-state index in [0.717, 1.165) is 73.0 Å². The summed E-state index contributed by atoms with van der Waals surface area (Å²) in [7, 11) is 2.04. The molecule has 1 aliphatic rings. The quantitative estimate of drug-likeness (QED) is 0.180. The van der Waals surface area contributed by atoms with E-state index in [4.69, 9.17) is 10.3 Å². The van der Waals surface area contributed by atoms with Crippen molar-refractivity contribution >= 4 is 23.2 Å². The average molecular weight is 608 g/mol. The SMILES string of the molecule is CCCCN(C)c1ccc(-c2cccc(CN(C(=O)Cc3ccccc3)C3CCC(N)CC3)c2)cc1NC(=O)c1cc(C)on1. The largest absolute Gasteiger partial charge is 0.373 e. The Bertz CT molecular complexity index is 1580. The summed E-state index contributed by atoms with van der Waals surface area (Å²) < 4.78 is 5.14. The molecule has 1 fully saturated rings. The number of rotatable bonds is 12. The van der Waals surface area contributed by atoms with Gasteiger partial charge in [0.25, 0.3) is 5.91 Å². The molecule has 236 valence electrons. The number of unbranched alkanes of at least 4 members (excludes halogenated alkanes) is 1. The third-order valence-corrected chi connectivity index (χ3v) is 8.68. The van der Waals surface area contributed by atoms with Gasteiger partial charge in [0.2, 0.25) is 5.91 Å². The van der Waals surface area contributed by atoms with Crippen LogP contribution >= 0.6 is 0 Å². The van der Waals surface area contributed by atoms with E-state index in [2.05, 4.69) is 57.5 Å². The van der Waals surface area contributed by atoms with Gasteiger partial charge in [-0.2, -0.15) is 0 Å². The molecule has 3 N–H and O–H groups in total. The van der Waals surface area contributed by atoms with Crippen LogP contribution in [0.5, 0.6) is 0 Å². The minimum absolute atomic E-state index is 0.139. The summed E-state index contributed by atoms with van der Waals surface area (Å²) in [6, 6.07) is 26.5. The molecule has 4 aromatic rings. The number of nitrogens with zero attached hydrogens (tertiary/aromatic N) is 3. The first-order chi connectivity index (χ1) is 21.8. The van der Waals surface area contributed by atoms with Crippen LogP contribution in [-0.2, 0) is 17.8 Å². The number of aromatic nitrogens is 1. The lowest BCUT2D eigenvalue weighted by molar-refractivity contribution is -0.134. The van der Waals surface area contributed by atoms with E-state index in [1.54, 1.807) is 13.0 Å². The number of carbonyl (C=O) groups is 2. The molecule has 1 aliphatic carbocycles. The van der Waals surface area contributed by atoms with Gasteiger partial charge in [0.05, 0.1) is 17.8 Å². The number of nitrogens with one attached hydrogen (secondary N) is 1. The van der Waals surface area contributed by atoms with Crippen molar-refractivity contribution in [2.45, 2.75) is 77.4 Å². The fourth-order valence-electron chi connectivity index (χ4n) is 6.08. The van der Waals surface area contributed by atoms with E-state index >= 15 is 0 Å². The Kier molecular flexibility index (Phi) is 10.7. The molecule has 0 unspecified atom stereocenters. The summed E-state index contributed by atoms with van der Waals surface area (Å²) in [6.45, 7) is 5.34. The Hall–Kier alpha value is -4.43. The van der Waals surface area contributed by atoms with Crippen molar-refractivity contribution in [3.63, 3.8) is 0 Å². The average Bonchev–Trinajstić information content (AvgIpc) is 3.50. The summed E-state index contributed by atoms with van der Waals surface area (Å²) in [5.41, 5.74) is 12.2. The van der Waals surface area contributed by atoms with Crippen LogP contribution in [0.1, 0.15) is 72.8 Å². The molecule has 0 bridgehead atoms. The Morgan fingerprint density at radius 2 is 1.67 bits per heavy atom. The molecule has 8 nitrogen and oxygen atoms in total. The Morgan fingerprint density at radius 3 is 2.38 bits per heavy atom. The van der Waals surface area contributed by atoms with Crippen molar-refractivity contribution in [1.82, 2.24) is 10.1 Å². The van der Waals surface area contributed by atoms with Crippen molar-refractivity contribution in [3.05, 3.63) is 101 Å². The molecule has 45 heavy (non-hydrogen) atoms. The molecule has 0 atom stereocenters. The molecular weight excluding hydrogens is 562 g/mol. The number of anilines is 2. The first-order valence-electron chi connectivity index (χ1n) is 16.1. The Balaban J connectivity index is 1.41. The number of amides is 2. The zero-order valence-electron chi connectivity index (χ0n) is 26.7. The van der Waals surface area contributed by atoms with Gasteiger partial charge < -0.3 is 25.4 Å².